The molecule has 1 fully saturated rings. The molecule has 0 aromatic rings. The summed E-state index contributed by atoms with van der Waals surface area (Å²) in [6.45, 7) is 5.58. The van der Waals surface area contributed by atoms with Gasteiger partial charge in [-0.15, -0.1) is 0 Å². The van der Waals surface area contributed by atoms with E-state index in [-0.39, 0.29) is 25.0 Å². The smallest absolute Gasteiger partial charge is 0.308 e. The second-order valence-electron chi connectivity index (χ2n) is 4.67. The summed E-state index contributed by atoms with van der Waals surface area (Å²) < 4.78 is 4.78. The molecular weight excluding hydrogens is 222 g/mol. The fourth-order valence-electron chi connectivity index (χ4n) is 2.36. The third-order valence-electron chi connectivity index (χ3n) is 3.34. The predicted molar refractivity (Wildman–Crippen MR) is 63.5 cm³/mol. The summed E-state index contributed by atoms with van der Waals surface area (Å²) in [6.07, 6.45) is 0.335. The van der Waals surface area contributed by atoms with Crippen LogP contribution in [0.25, 0.3) is 0 Å². The molecule has 2 N–H and O–H groups in total. The number of ether oxygens (including phenoxy) is 1. The summed E-state index contributed by atoms with van der Waals surface area (Å²) in [5.74, 6) is 0.0718. The van der Waals surface area contributed by atoms with E-state index in [2.05, 4.69) is 11.8 Å². The molecule has 1 saturated heterocycles. The highest BCUT2D eigenvalue weighted by molar-refractivity contribution is 5.69. The summed E-state index contributed by atoms with van der Waals surface area (Å²) in [5, 5.41) is 19.1. The lowest BCUT2D eigenvalue weighted by Gasteiger charge is -2.26. The van der Waals surface area contributed by atoms with Gasteiger partial charge in [-0.3, -0.25) is 9.69 Å². The third-order valence-corrected chi connectivity index (χ3v) is 3.34. The van der Waals surface area contributed by atoms with Crippen LogP contribution in [0, 0.1) is 5.92 Å². The molecular formula is C12H23NO4. The van der Waals surface area contributed by atoms with Crippen molar-refractivity contribution in [2.45, 2.75) is 38.8 Å². The summed E-state index contributed by atoms with van der Waals surface area (Å²) in [7, 11) is 0. The van der Waals surface area contributed by atoms with Crippen molar-refractivity contribution in [3.63, 3.8) is 0 Å². The minimum absolute atomic E-state index is 0.0247. The van der Waals surface area contributed by atoms with Crippen molar-refractivity contribution < 1.29 is 19.7 Å². The van der Waals surface area contributed by atoms with Gasteiger partial charge in [0.25, 0.3) is 0 Å². The minimum atomic E-state index is -0.714. The lowest BCUT2D eigenvalue weighted by atomic mass is 10.0. The van der Waals surface area contributed by atoms with E-state index < -0.39 is 6.10 Å². The second kappa shape index (κ2) is 6.93. The number of likely N-dealkylation sites (tertiary alicyclic amines) is 1. The van der Waals surface area contributed by atoms with Crippen LogP contribution >= 0.6 is 0 Å². The summed E-state index contributed by atoms with van der Waals surface area (Å²) in [4.78, 5) is 13.2. The molecule has 0 saturated carbocycles. The quantitative estimate of drug-likeness (QED) is 0.645. The summed E-state index contributed by atoms with van der Waals surface area (Å²) in [5.41, 5.74) is 0. The fraction of sp³-hybridized carbons (Fsp3) is 0.917. The van der Waals surface area contributed by atoms with Crippen molar-refractivity contribution in [1.82, 2.24) is 4.90 Å². The molecule has 0 radical (unpaired) electrons. The Kier molecular flexibility index (Phi) is 5.88. The Morgan fingerprint density at radius 1 is 1.59 bits per heavy atom. The molecule has 3 atom stereocenters. The number of aliphatic hydroxyl groups is 2. The van der Waals surface area contributed by atoms with Crippen LogP contribution in [0.2, 0.25) is 0 Å². The van der Waals surface area contributed by atoms with Crippen LogP contribution in [0.15, 0.2) is 0 Å². The van der Waals surface area contributed by atoms with E-state index in [9.17, 15) is 15.0 Å². The van der Waals surface area contributed by atoms with Crippen molar-refractivity contribution in [3.8, 4) is 0 Å². The average molecular weight is 245 g/mol. The molecule has 1 aliphatic rings. The van der Waals surface area contributed by atoms with E-state index in [0.717, 1.165) is 13.0 Å². The van der Waals surface area contributed by atoms with Crippen LogP contribution in [0.4, 0.5) is 0 Å². The number of carbonyl (C=O) groups is 1. The first kappa shape index (κ1) is 14.4. The highest BCUT2D eigenvalue weighted by atomic mass is 16.5. The topological polar surface area (TPSA) is 70.0 Å². The molecule has 0 bridgehead atoms. The number of β-amino-alcohol motifs (C(OH)–C–C–N with tert-alkyl or cyclic N) is 1. The lowest BCUT2D eigenvalue weighted by molar-refractivity contribution is -0.145. The van der Waals surface area contributed by atoms with E-state index >= 15 is 0 Å². The first-order valence-electron chi connectivity index (χ1n) is 6.27. The van der Waals surface area contributed by atoms with Crippen LogP contribution < -0.4 is 0 Å². The van der Waals surface area contributed by atoms with Gasteiger partial charge >= 0.3 is 5.97 Å². The van der Waals surface area contributed by atoms with Crippen LogP contribution in [-0.2, 0) is 9.53 Å². The van der Waals surface area contributed by atoms with Gasteiger partial charge in [0, 0.05) is 12.6 Å². The average Bonchev–Trinajstić information content (AvgIpc) is 2.59. The molecule has 1 rings (SSSR count). The minimum Gasteiger partial charge on any atom is -0.466 e. The molecule has 5 heteroatoms. The summed E-state index contributed by atoms with van der Waals surface area (Å²) in [6, 6.07) is 0.104. The van der Waals surface area contributed by atoms with Gasteiger partial charge in [0.2, 0.25) is 0 Å². The van der Waals surface area contributed by atoms with E-state index in [1.54, 1.807) is 6.92 Å². The van der Waals surface area contributed by atoms with Crippen molar-refractivity contribution in [3.05, 3.63) is 0 Å². The normalized spacial score (nSPS) is 27.1. The molecule has 1 heterocycles. The van der Waals surface area contributed by atoms with Crippen molar-refractivity contribution in [2.75, 3.05) is 26.3 Å². The Hall–Kier alpha value is -0.650. The molecule has 3 unspecified atom stereocenters. The van der Waals surface area contributed by atoms with Crippen molar-refractivity contribution in [1.29, 1.82) is 0 Å². The third kappa shape index (κ3) is 4.26. The van der Waals surface area contributed by atoms with Crippen molar-refractivity contribution >= 4 is 5.97 Å². The maximum Gasteiger partial charge on any atom is 0.308 e. The first-order chi connectivity index (χ1) is 8.08. The monoisotopic (exact) mass is 245 g/mol. The molecule has 0 aromatic heterocycles. The van der Waals surface area contributed by atoms with Gasteiger partial charge in [0.15, 0.2) is 0 Å². The zero-order chi connectivity index (χ0) is 12.8. The zero-order valence-corrected chi connectivity index (χ0v) is 10.6. The van der Waals surface area contributed by atoms with Gasteiger partial charge in [-0.1, -0.05) is 6.92 Å². The number of nitrogens with zero attached hydrogens (tertiary/aromatic N) is 1. The number of hydrogen-bond acceptors (Lipinski definition) is 5. The first-order valence-corrected chi connectivity index (χ1v) is 6.27. The number of hydrogen-bond donors (Lipinski definition) is 2. The van der Waals surface area contributed by atoms with Gasteiger partial charge in [0.1, 0.15) is 0 Å². The predicted octanol–water partition coefficient (Wildman–Crippen LogP) is 0.00320. The van der Waals surface area contributed by atoms with E-state index in [1.165, 1.54) is 0 Å². The van der Waals surface area contributed by atoms with E-state index in [1.807, 2.05) is 0 Å². The Labute approximate surface area is 102 Å². The molecule has 1 aliphatic heterocycles. The molecule has 100 valence electrons. The second-order valence-corrected chi connectivity index (χ2v) is 4.67. The molecule has 0 spiro atoms. The van der Waals surface area contributed by atoms with Gasteiger partial charge in [-0.2, -0.15) is 0 Å². The standard InChI is InChI=1S/C12H23NO4/c1-3-17-12(16)6-10(15)7-13-5-4-9(2)11(13)8-14/h9-11,14-15H,3-8H2,1-2H3. The highest BCUT2D eigenvalue weighted by Crippen LogP contribution is 2.23. The van der Waals surface area contributed by atoms with E-state index in [0.29, 0.717) is 19.1 Å². The van der Waals surface area contributed by atoms with Crippen LogP contribution in [-0.4, -0.2) is 59.5 Å². The van der Waals surface area contributed by atoms with Crippen LogP contribution in [0.5, 0.6) is 0 Å². The van der Waals surface area contributed by atoms with Gasteiger partial charge in [-0.25, -0.2) is 0 Å². The van der Waals surface area contributed by atoms with Gasteiger partial charge in [0.05, 0.1) is 25.7 Å². The van der Waals surface area contributed by atoms with Crippen LogP contribution in [0.1, 0.15) is 26.7 Å². The maximum atomic E-state index is 11.2. The Balaban J connectivity index is 2.35. The van der Waals surface area contributed by atoms with E-state index in [4.69, 9.17) is 4.74 Å². The maximum absolute atomic E-state index is 11.2. The van der Waals surface area contributed by atoms with Gasteiger partial charge < -0.3 is 14.9 Å². The molecule has 5 nitrogen and oxygen atoms in total. The molecule has 0 aliphatic carbocycles. The number of esters is 1. The number of aliphatic hydroxyl groups excluding tert-OH is 2. The Morgan fingerprint density at radius 3 is 2.88 bits per heavy atom. The summed E-state index contributed by atoms with van der Waals surface area (Å²) >= 11 is 0. The molecule has 17 heavy (non-hydrogen) atoms. The fourth-order valence-corrected chi connectivity index (χ4v) is 2.36. The number of rotatable bonds is 6. The lowest BCUT2D eigenvalue weighted by Crippen LogP contribution is -2.40. The Bertz CT molecular complexity index is 247. The van der Waals surface area contributed by atoms with Gasteiger partial charge in [-0.05, 0) is 25.8 Å². The Morgan fingerprint density at radius 2 is 2.29 bits per heavy atom. The SMILES string of the molecule is CCOC(=O)CC(O)CN1CCC(C)C1CO. The zero-order valence-electron chi connectivity index (χ0n) is 10.6. The highest BCUT2D eigenvalue weighted by Gasteiger charge is 2.31. The molecule has 0 aromatic carbocycles. The molecule has 0 amide bonds. The van der Waals surface area contributed by atoms with Crippen molar-refractivity contribution in [2.24, 2.45) is 5.92 Å². The largest absolute Gasteiger partial charge is 0.466 e. The van der Waals surface area contributed by atoms with Crippen LogP contribution in [0.3, 0.4) is 0 Å². The number of carbonyl (C=O) groups excluding carboxylic acids is 1.